The predicted molar refractivity (Wildman–Crippen MR) is 72.5 cm³/mol. The van der Waals surface area contributed by atoms with E-state index in [1.165, 1.54) is 12.1 Å². The van der Waals surface area contributed by atoms with Gasteiger partial charge in [0.2, 0.25) is 11.4 Å². The van der Waals surface area contributed by atoms with Gasteiger partial charge in [0.05, 0.1) is 13.1 Å². The SMILES string of the molecule is [C-]#[N+]c1c(O)ccc(Oc2ccc(C=O)cc2)c1[N+]#[C-]. The molecule has 2 aromatic carbocycles. The Morgan fingerprint density at radius 1 is 1.00 bits per heavy atom. The van der Waals surface area contributed by atoms with E-state index in [0.29, 0.717) is 17.6 Å². The number of carbonyl (C=O) groups is 1. The normalized spacial score (nSPS) is 9.30. The molecule has 0 aliphatic heterocycles. The van der Waals surface area contributed by atoms with Gasteiger partial charge in [-0.3, -0.25) is 4.79 Å². The molecule has 0 spiro atoms. The summed E-state index contributed by atoms with van der Waals surface area (Å²) in [5.41, 5.74) is 0.330. The Balaban J connectivity index is 2.41. The summed E-state index contributed by atoms with van der Waals surface area (Å²) in [6.45, 7) is 14.1. The maximum atomic E-state index is 10.6. The van der Waals surface area contributed by atoms with Gasteiger partial charge in [-0.05, 0) is 36.4 Å². The highest BCUT2D eigenvalue weighted by molar-refractivity contribution is 5.82. The average Bonchev–Trinajstić information content (AvgIpc) is 2.49. The van der Waals surface area contributed by atoms with Gasteiger partial charge in [0.1, 0.15) is 23.5 Å². The lowest BCUT2D eigenvalue weighted by atomic mass is 10.2. The second-order valence-corrected chi connectivity index (χ2v) is 3.79. The highest BCUT2D eigenvalue weighted by atomic mass is 16.5. The molecule has 5 nitrogen and oxygen atoms in total. The molecule has 0 bridgehead atoms. The molecule has 20 heavy (non-hydrogen) atoms. The standard InChI is InChI=1S/C15H8N2O3/c1-16-14-12(19)7-8-13(15(14)17-2)20-11-5-3-10(9-18)4-6-11/h3-9,19H. The molecule has 0 aliphatic rings. The Hall–Kier alpha value is -3.31. The number of hydrogen-bond acceptors (Lipinski definition) is 3. The van der Waals surface area contributed by atoms with Crippen LogP contribution in [0.5, 0.6) is 17.2 Å². The van der Waals surface area contributed by atoms with E-state index in [1.807, 2.05) is 0 Å². The van der Waals surface area contributed by atoms with Gasteiger partial charge < -0.3 is 9.84 Å². The third-order valence-electron chi connectivity index (χ3n) is 2.56. The maximum absolute atomic E-state index is 10.6. The molecule has 0 radical (unpaired) electrons. The van der Waals surface area contributed by atoms with E-state index in [9.17, 15) is 9.90 Å². The Bertz CT molecular complexity index is 737. The van der Waals surface area contributed by atoms with E-state index in [0.717, 1.165) is 0 Å². The van der Waals surface area contributed by atoms with E-state index in [1.54, 1.807) is 24.3 Å². The van der Waals surface area contributed by atoms with E-state index >= 15 is 0 Å². The van der Waals surface area contributed by atoms with Gasteiger partial charge in [0, 0.05) is 5.56 Å². The molecule has 0 aliphatic carbocycles. The van der Waals surface area contributed by atoms with Crippen molar-refractivity contribution in [3.8, 4) is 17.2 Å². The van der Waals surface area contributed by atoms with Gasteiger partial charge >= 0.3 is 0 Å². The topological polar surface area (TPSA) is 55.2 Å². The first-order valence-electron chi connectivity index (χ1n) is 5.53. The highest BCUT2D eigenvalue weighted by Gasteiger charge is 2.15. The zero-order valence-electron chi connectivity index (χ0n) is 10.2. The molecule has 96 valence electrons. The molecule has 0 saturated heterocycles. The number of aromatic hydroxyl groups is 1. The fourth-order valence-electron chi connectivity index (χ4n) is 1.59. The Labute approximate surface area is 115 Å². The number of rotatable bonds is 3. The lowest BCUT2D eigenvalue weighted by Crippen LogP contribution is -1.86. The number of benzene rings is 2. The van der Waals surface area contributed by atoms with Crippen molar-refractivity contribution in [1.82, 2.24) is 0 Å². The minimum Gasteiger partial charge on any atom is -0.521 e. The van der Waals surface area contributed by atoms with Crippen molar-refractivity contribution in [2.24, 2.45) is 0 Å². The molecule has 0 aromatic heterocycles. The molecular formula is C15H8N2O3. The minimum atomic E-state index is -0.255. The molecule has 2 rings (SSSR count). The first-order valence-corrected chi connectivity index (χ1v) is 5.53. The van der Waals surface area contributed by atoms with E-state index in [-0.39, 0.29) is 22.9 Å². The van der Waals surface area contributed by atoms with Crippen LogP contribution < -0.4 is 4.74 Å². The van der Waals surface area contributed by atoms with Crippen molar-refractivity contribution >= 4 is 17.7 Å². The van der Waals surface area contributed by atoms with Crippen LogP contribution in [0.15, 0.2) is 36.4 Å². The summed E-state index contributed by atoms with van der Waals surface area (Å²) in [6.07, 6.45) is 0.714. The van der Waals surface area contributed by atoms with Crippen molar-refractivity contribution in [3.05, 3.63) is 64.8 Å². The maximum Gasteiger partial charge on any atom is 0.239 e. The third kappa shape index (κ3) is 2.43. The van der Waals surface area contributed by atoms with E-state index in [2.05, 4.69) is 9.69 Å². The van der Waals surface area contributed by atoms with Gasteiger partial charge in [0.15, 0.2) is 0 Å². The summed E-state index contributed by atoms with van der Waals surface area (Å²) < 4.78 is 5.51. The van der Waals surface area contributed by atoms with Gasteiger partial charge in [-0.25, -0.2) is 9.69 Å². The number of nitrogens with zero attached hydrogens (tertiary/aromatic N) is 2. The number of phenols is 1. The number of carbonyl (C=O) groups excluding carboxylic acids is 1. The molecule has 5 heteroatoms. The summed E-state index contributed by atoms with van der Waals surface area (Å²) in [5.74, 6) is 0.361. The van der Waals surface area contributed by atoms with Crippen LogP contribution in [0.25, 0.3) is 9.69 Å². The van der Waals surface area contributed by atoms with Crippen LogP contribution in [0, 0.1) is 13.1 Å². The molecular weight excluding hydrogens is 256 g/mol. The molecule has 0 saturated carbocycles. The molecule has 1 N–H and O–H groups in total. The Morgan fingerprint density at radius 3 is 2.20 bits per heavy atom. The fraction of sp³-hybridized carbons (Fsp3) is 0. The van der Waals surface area contributed by atoms with Gasteiger partial charge in [0.25, 0.3) is 0 Å². The molecule has 0 atom stereocenters. The molecule has 0 fully saturated rings. The zero-order chi connectivity index (χ0) is 14.5. The zero-order valence-corrected chi connectivity index (χ0v) is 10.2. The first kappa shape index (κ1) is 13.1. The average molecular weight is 264 g/mol. The Morgan fingerprint density at radius 2 is 1.65 bits per heavy atom. The fourth-order valence-corrected chi connectivity index (χ4v) is 1.59. The number of hydrogen-bond donors (Lipinski definition) is 1. The molecule has 2 aromatic rings. The Kier molecular flexibility index (Phi) is 3.65. The van der Waals surface area contributed by atoms with Crippen molar-refractivity contribution in [2.45, 2.75) is 0 Å². The van der Waals surface area contributed by atoms with E-state index in [4.69, 9.17) is 17.9 Å². The van der Waals surface area contributed by atoms with Crippen molar-refractivity contribution in [1.29, 1.82) is 0 Å². The molecule has 0 unspecified atom stereocenters. The minimum absolute atomic E-state index is 0.0422. The third-order valence-corrected chi connectivity index (χ3v) is 2.56. The smallest absolute Gasteiger partial charge is 0.239 e. The molecule has 0 amide bonds. The predicted octanol–water partition coefficient (Wildman–Crippen LogP) is 4.10. The van der Waals surface area contributed by atoms with Crippen LogP contribution in [-0.4, -0.2) is 11.4 Å². The van der Waals surface area contributed by atoms with Crippen LogP contribution in [0.3, 0.4) is 0 Å². The van der Waals surface area contributed by atoms with Gasteiger partial charge in [-0.15, -0.1) is 0 Å². The van der Waals surface area contributed by atoms with Crippen molar-refractivity contribution < 1.29 is 14.6 Å². The van der Waals surface area contributed by atoms with Gasteiger partial charge in [-0.1, -0.05) is 0 Å². The highest BCUT2D eigenvalue weighted by Crippen LogP contribution is 2.45. The largest absolute Gasteiger partial charge is 0.521 e. The summed E-state index contributed by atoms with van der Waals surface area (Å²) in [4.78, 5) is 16.9. The second kappa shape index (κ2) is 5.55. The number of aldehydes is 1. The van der Waals surface area contributed by atoms with Crippen molar-refractivity contribution in [2.75, 3.05) is 0 Å². The van der Waals surface area contributed by atoms with Crippen molar-refractivity contribution in [3.63, 3.8) is 0 Å². The van der Waals surface area contributed by atoms with Crippen LogP contribution in [-0.2, 0) is 0 Å². The van der Waals surface area contributed by atoms with Crippen LogP contribution in [0.1, 0.15) is 10.4 Å². The van der Waals surface area contributed by atoms with Crippen LogP contribution in [0.2, 0.25) is 0 Å². The van der Waals surface area contributed by atoms with Crippen LogP contribution in [0.4, 0.5) is 11.4 Å². The monoisotopic (exact) mass is 264 g/mol. The number of phenolic OH excluding ortho intramolecular Hbond substituents is 1. The summed E-state index contributed by atoms with van der Waals surface area (Å²) >= 11 is 0. The van der Waals surface area contributed by atoms with Gasteiger partial charge in [-0.2, -0.15) is 0 Å². The lowest BCUT2D eigenvalue weighted by Gasteiger charge is -2.09. The number of ether oxygens (including phenoxy) is 1. The summed E-state index contributed by atoms with van der Waals surface area (Å²) in [7, 11) is 0. The first-order chi connectivity index (χ1) is 9.69. The second-order valence-electron chi connectivity index (χ2n) is 3.79. The lowest BCUT2D eigenvalue weighted by molar-refractivity contribution is 0.112. The van der Waals surface area contributed by atoms with E-state index < -0.39 is 0 Å². The molecule has 0 heterocycles. The summed E-state index contributed by atoms with van der Waals surface area (Å²) in [5, 5.41) is 9.53. The quantitative estimate of drug-likeness (QED) is 0.670. The summed E-state index contributed by atoms with van der Waals surface area (Å²) in [6, 6.07) is 9.05. The van der Waals surface area contributed by atoms with Crippen LogP contribution >= 0.6 is 0 Å².